The number of pyridine rings is 1. The van der Waals surface area contributed by atoms with Gasteiger partial charge in [-0.25, -0.2) is 0 Å². The average molecular weight is 282 g/mol. The van der Waals surface area contributed by atoms with E-state index in [4.69, 9.17) is 11.6 Å². The summed E-state index contributed by atoms with van der Waals surface area (Å²) < 4.78 is 0. The van der Waals surface area contributed by atoms with Crippen LogP contribution in [-0.2, 0) is 0 Å². The molecule has 0 bridgehead atoms. The van der Waals surface area contributed by atoms with Crippen LogP contribution in [0, 0.1) is 0 Å². The Morgan fingerprint density at radius 3 is 2.89 bits per heavy atom. The van der Waals surface area contributed by atoms with Crippen LogP contribution >= 0.6 is 11.6 Å². The predicted octanol–water partition coefficient (Wildman–Crippen LogP) is 2.34. The van der Waals surface area contributed by atoms with Crippen molar-refractivity contribution in [2.75, 3.05) is 19.6 Å². The Bertz CT molecular complexity index is 432. The number of carbonyl (C=O) groups is 1. The van der Waals surface area contributed by atoms with Crippen LogP contribution in [-0.4, -0.2) is 41.5 Å². The minimum atomic E-state index is -0.150. The fraction of sp³-hybridized carbons (Fsp3) is 0.571. The zero-order valence-electron chi connectivity index (χ0n) is 11.2. The SMILES string of the molecule is CC(CN1CCCCC1)NC(=O)c1cnccc1Cl. The van der Waals surface area contributed by atoms with Gasteiger partial charge in [-0.15, -0.1) is 0 Å². The number of halogens is 1. The highest BCUT2D eigenvalue weighted by molar-refractivity contribution is 6.33. The zero-order chi connectivity index (χ0) is 13.7. The largest absolute Gasteiger partial charge is 0.348 e. The fourth-order valence-corrected chi connectivity index (χ4v) is 2.61. The maximum Gasteiger partial charge on any atom is 0.254 e. The van der Waals surface area contributed by atoms with E-state index < -0.39 is 0 Å². The lowest BCUT2D eigenvalue weighted by Gasteiger charge is -2.29. The van der Waals surface area contributed by atoms with Gasteiger partial charge in [-0.05, 0) is 38.9 Å². The molecule has 19 heavy (non-hydrogen) atoms. The molecular weight excluding hydrogens is 262 g/mol. The van der Waals surface area contributed by atoms with Gasteiger partial charge in [-0.3, -0.25) is 9.78 Å². The van der Waals surface area contributed by atoms with Crippen molar-refractivity contribution in [3.63, 3.8) is 0 Å². The molecule has 4 nitrogen and oxygen atoms in total. The summed E-state index contributed by atoms with van der Waals surface area (Å²) in [4.78, 5) is 18.4. The van der Waals surface area contributed by atoms with Gasteiger partial charge in [-0.2, -0.15) is 0 Å². The number of carbonyl (C=O) groups excluding carboxylic acids is 1. The number of amides is 1. The standard InChI is InChI=1S/C14H20ClN3O/c1-11(10-18-7-3-2-4-8-18)17-14(19)12-9-16-6-5-13(12)15/h5-6,9,11H,2-4,7-8,10H2,1H3,(H,17,19). The third kappa shape index (κ3) is 4.18. The van der Waals surface area contributed by atoms with Gasteiger partial charge in [0.1, 0.15) is 0 Å². The number of rotatable bonds is 4. The lowest BCUT2D eigenvalue weighted by atomic mass is 10.1. The molecule has 1 saturated heterocycles. The maximum absolute atomic E-state index is 12.1. The summed E-state index contributed by atoms with van der Waals surface area (Å²) in [6, 6.07) is 1.74. The molecule has 1 N–H and O–H groups in total. The Balaban J connectivity index is 1.86. The van der Waals surface area contributed by atoms with Crippen molar-refractivity contribution in [3.8, 4) is 0 Å². The first-order chi connectivity index (χ1) is 9.16. The molecule has 1 aromatic heterocycles. The van der Waals surface area contributed by atoms with Gasteiger partial charge in [0.25, 0.3) is 5.91 Å². The number of nitrogens with one attached hydrogen (secondary N) is 1. The molecule has 1 fully saturated rings. The van der Waals surface area contributed by atoms with E-state index in [-0.39, 0.29) is 11.9 Å². The maximum atomic E-state index is 12.1. The number of aromatic nitrogens is 1. The van der Waals surface area contributed by atoms with Crippen molar-refractivity contribution < 1.29 is 4.79 Å². The quantitative estimate of drug-likeness (QED) is 0.921. The Morgan fingerprint density at radius 1 is 1.47 bits per heavy atom. The summed E-state index contributed by atoms with van der Waals surface area (Å²) in [5.41, 5.74) is 0.440. The molecule has 0 spiro atoms. The number of piperidine rings is 1. The molecular formula is C14H20ClN3O. The van der Waals surface area contributed by atoms with Gasteiger partial charge >= 0.3 is 0 Å². The predicted molar refractivity (Wildman–Crippen MR) is 76.5 cm³/mol. The summed E-state index contributed by atoms with van der Waals surface area (Å²) in [5.74, 6) is -0.150. The van der Waals surface area contributed by atoms with Crippen LogP contribution in [0.1, 0.15) is 36.5 Å². The molecule has 2 rings (SSSR count). The van der Waals surface area contributed by atoms with Crippen molar-refractivity contribution >= 4 is 17.5 Å². The van der Waals surface area contributed by atoms with Gasteiger partial charge < -0.3 is 10.2 Å². The van der Waals surface area contributed by atoms with E-state index in [2.05, 4.69) is 15.2 Å². The van der Waals surface area contributed by atoms with E-state index in [9.17, 15) is 4.79 Å². The van der Waals surface area contributed by atoms with Crippen LogP contribution in [0.25, 0.3) is 0 Å². The summed E-state index contributed by atoms with van der Waals surface area (Å²) in [7, 11) is 0. The van der Waals surface area contributed by atoms with Gasteiger partial charge in [0.05, 0.1) is 10.6 Å². The average Bonchev–Trinajstić information content (AvgIpc) is 2.40. The Morgan fingerprint density at radius 2 is 2.21 bits per heavy atom. The highest BCUT2D eigenvalue weighted by Crippen LogP contribution is 2.13. The lowest BCUT2D eigenvalue weighted by molar-refractivity contribution is 0.0925. The highest BCUT2D eigenvalue weighted by Gasteiger charge is 2.17. The van der Waals surface area contributed by atoms with Crippen LogP contribution < -0.4 is 5.32 Å². The van der Waals surface area contributed by atoms with Crippen molar-refractivity contribution in [2.45, 2.75) is 32.2 Å². The van der Waals surface area contributed by atoms with E-state index in [1.807, 2.05) is 6.92 Å². The molecule has 5 heteroatoms. The highest BCUT2D eigenvalue weighted by atomic mass is 35.5. The second-order valence-electron chi connectivity index (χ2n) is 5.09. The van der Waals surface area contributed by atoms with Gasteiger partial charge in [0.15, 0.2) is 0 Å². The van der Waals surface area contributed by atoms with E-state index in [0.29, 0.717) is 10.6 Å². The molecule has 0 aliphatic carbocycles. The van der Waals surface area contributed by atoms with Crippen molar-refractivity contribution in [2.24, 2.45) is 0 Å². The Hall–Kier alpha value is -1.13. The van der Waals surface area contributed by atoms with Crippen molar-refractivity contribution in [1.29, 1.82) is 0 Å². The lowest BCUT2D eigenvalue weighted by Crippen LogP contribution is -2.43. The van der Waals surface area contributed by atoms with Crippen LogP contribution in [0.5, 0.6) is 0 Å². The molecule has 1 atom stereocenters. The van der Waals surface area contributed by atoms with Gasteiger partial charge in [-0.1, -0.05) is 18.0 Å². The first kappa shape index (κ1) is 14.3. The number of likely N-dealkylation sites (tertiary alicyclic amines) is 1. The molecule has 0 radical (unpaired) electrons. The molecule has 1 aliphatic rings. The molecule has 1 amide bonds. The number of hydrogen-bond acceptors (Lipinski definition) is 3. The summed E-state index contributed by atoms with van der Waals surface area (Å²) in [6.07, 6.45) is 6.92. The molecule has 104 valence electrons. The van der Waals surface area contributed by atoms with E-state index in [0.717, 1.165) is 19.6 Å². The minimum absolute atomic E-state index is 0.113. The second-order valence-corrected chi connectivity index (χ2v) is 5.50. The summed E-state index contributed by atoms with van der Waals surface area (Å²) in [6.45, 7) is 5.18. The van der Waals surface area contributed by atoms with Gasteiger partial charge in [0.2, 0.25) is 0 Å². The smallest absolute Gasteiger partial charge is 0.254 e. The van der Waals surface area contributed by atoms with E-state index in [1.54, 1.807) is 12.3 Å². The number of nitrogens with zero attached hydrogens (tertiary/aromatic N) is 2. The first-order valence-corrected chi connectivity index (χ1v) is 7.17. The Labute approximate surface area is 119 Å². The van der Waals surface area contributed by atoms with Crippen LogP contribution in [0.2, 0.25) is 5.02 Å². The van der Waals surface area contributed by atoms with Crippen molar-refractivity contribution in [1.82, 2.24) is 15.2 Å². The zero-order valence-corrected chi connectivity index (χ0v) is 12.0. The molecule has 0 aromatic carbocycles. The van der Waals surface area contributed by atoms with Crippen LogP contribution in [0.3, 0.4) is 0 Å². The topological polar surface area (TPSA) is 45.2 Å². The van der Waals surface area contributed by atoms with Crippen LogP contribution in [0.4, 0.5) is 0 Å². The molecule has 0 saturated carbocycles. The first-order valence-electron chi connectivity index (χ1n) is 6.79. The molecule has 1 aliphatic heterocycles. The minimum Gasteiger partial charge on any atom is -0.348 e. The third-order valence-electron chi connectivity index (χ3n) is 3.37. The normalized spacial score (nSPS) is 18.0. The molecule has 1 aromatic rings. The molecule has 2 heterocycles. The molecule has 1 unspecified atom stereocenters. The van der Waals surface area contributed by atoms with Crippen molar-refractivity contribution in [3.05, 3.63) is 29.0 Å². The monoisotopic (exact) mass is 281 g/mol. The third-order valence-corrected chi connectivity index (χ3v) is 3.70. The van der Waals surface area contributed by atoms with Crippen LogP contribution in [0.15, 0.2) is 18.5 Å². The van der Waals surface area contributed by atoms with Gasteiger partial charge in [0, 0.05) is 25.0 Å². The van der Waals surface area contributed by atoms with E-state index >= 15 is 0 Å². The fourth-order valence-electron chi connectivity index (χ4n) is 2.42. The summed E-state index contributed by atoms with van der Waals surface area (Å²) in [5, 5.41) is 3.42. The van der Waals surface area contributed by atoms with E-state index in [1.165, 1.54) is 25.5 Å². The number of hydrogen-bond donors (Lipinski definition) is 1. The second kappa shape index (κ2) is 6.87. The summed E-state index contributed by atoms with van der Waals surface area (Å²) >= 11 is 5.98. The Kier molecular flexibility index (Phi) is 5.16.